The van der Waals surface area contributed by atoms with Gasteiger partial charge in [0.15, 0.2) is 11.6 Å². The van der Waals surface area contributed by atoms with E-state index >= 15 is 8.78 Å². The molecule has 0 spiro atoms. The largest absolute Gasteiger partial charge is 0.497 e. The standard InChI is InChI=1S/C34H39ClF2N6O7S/c1-34(2,3)50-33(44)42-14-13-26(21-7-10-24(35)11-8-21)23(18-42)20-49-30-16-28(37)31(17-27(30)36)51(45,46)43(32-38-40-41(4)39-32)19-22-9-12-25(47-5)15-29(22)48-6/h7-12,15-17,23,26H,13-14,18-20H2,1-6H3. The number of methoxy groups -OCH3 is 2. The molecule has 1 amide bonds. The number of hydrogen-bond donors (Lipinski definition) is 0. The van der Waals surface area contributed by atoms with Crippen LogP contribution in [-0.2, 0) is 28.4 Å². The third kappa shape index (κ3) is 8.79. The molecule has 1 saturated heterocycles. The van der Waals surface area contributed by atoms with Crippen molar-refractivity contribution < 1.29 is 40.9 Å². The van der Waals surface area contributed by atoms with Gasteiger partial charge in [-0.2, -0.15) is 4.80 Å². The van der Waals surface area contributed by atoms with E-state index < -0.39 is 50.5 Å². The van der Waals surface area contributed by atoms with Crippen LogP contribution in [0.5, 0.6) is 17.2 Å². The lowest BCUT2D eigenvalue weighted by Gasteiger charge is -2.39. The zero-order valence-electron chi connectivity index (χ0n) is 29.0. The summed E-state index contributed by atoms with van der Waals surface area (Å²) in [6.07, 6.45) is 0.0528. The summed E-state index contributed by atoms with van der Waals surface area (Å²) < 4.78 is 82.3. The second-order valence-electron chi connectivity index (χ2n) is 12.9. The normalized spacial score (nSPS) is 16.5. The summed E-state index contributed by atoms with van der Waals surface area (Å²) in [5.74, 6) is -3.02. The van der Waals surface area contributed by atoms with Gasteiger partial charge < -0.3 is 23.8 Å². The number of carbonyl (C=O) groups is 1. The maximum atomic E-state index is 15.8. The van der Waals surface area contributed by atoms with Gasteiger partial charge in [-0.1, -0.05) is 28.8 Å². The Balaban J connectivity index is 1.42. The average Bonchev–Trinajstić information content (AvgIpc) is 3.52. The maximum Gasteiger partial charge on any atom is 0.410 e. The number of sulfonamides is 1. The topological polar surface area (TPSA) is 138 Å². The van der Waals surface area contributed by atoms with Crippen molar-refractivity contribution in [2.75, 3.05) is 38.2 Å². The third-order valence-corrected chi connectivity index (χ3v) is 10.2. The predicted octanol–water partition coefficient (Wildman–Crippen LogP) is 5.97. The highest BCUT2D eigenvalue weighted by Gasteiger charge is 2.36. The van der Waals surface area contributed by atoms with Crippen molar-refractivity contribution in [1.82, 2.24) is 25.1 Å². The quantitative estimate of drug-likeness (QED) is 0.180. The van der Waals surface area contributed by atoms with Crippen LogP contribution in [0.25, 0.3) is 0 Å². The van der Waals surface area contributed by atoms with E-state index in [-0.39, 0.29) is 36.7 Å². The fourth-order valence-corrected chi connectivity index (χ4v) is 7.27. The second-order valence-corrected chi connectivity index (χ2v) is 15.2. The van der Waals surface area contributed by atoms with Gasteiger partial charge in [0.05, 0.1) is 34.4 Å². The fraction of sp³-hybridized carbons (Fsp3) is 0.412. The smallest absolute Gasteiger partial charge is 0.410 e. The Kier molecular flexibility index (Phi) is 11.2. The maximum absolute atomic E-state index is 15.8. The lowest BCUT2D eigenvalue weighted by atomic mass is 9.81. The van der Waals surface area contributed by atoms with Crippen LogP contribution in [-0.4, -0.2) is 79.1 Å². The molecule has 5 rings (SSSR count). The van der Waals surface area contributed by atoms with Gasteiger partial charge in [0.2, 0.25) is 0 Å². The summed E-state index contributed by atoms with van der Waals surface area (Å²) in [6.45, 7) is 5.40. The summed E-state index contributed by atoms with van der Waals surface area (Å²) in [5.41, 5.74) is 0.590. The van der Waals surface area contributed by atoms with E-state index in [2.05, 4.69) is 15.4 Å². The molecule has 4 aromatic rings. The minimum Gasteiger partial charge on any atom is -0.497 e. The van der Waals surface area contributed by atoms with Crippen molar-refractivity contribution in [2.45, 2.75) is 50.2 Å². The highest BCUT2D eigenvalue weighted by molar-refractivity contribution is 7.92. The summed E-state index contributed by atoms with van der Waals surface area (Å²) in [5, 5.41) is 12.1. The van der Waals surface area contributed by atoms with Gasteiger partial charge in [0, 0.05) is 47.8 Å². The van der Waals surface area contributed by atoms with E-state index in [0.29, 0.717) is 45.7 Å². The molecule has 1 fully saturated rings. The molecule has 17 heteroatoms. The highest BCUT2D eigenvalue weighted by atomic mass is 35.5. The molecule has 0 saturated carbocycles. The van der Waals surface area contributed by atoms with Gasteiger partial charge in [0.1, 0.15) is 27.8 Å². The van der Waals surface area contributed by atoms with Gasteiger partial charge in [0.25, 0.3) is 16.0 Å². The van der Waals surface area contributed by atoms with Crippen LogP contribution in [0.3, 0.4) is 0 Å². The molecule has 2 atom stereocenters. The van der Waals surface area contributed by atoms with Crippen LogP contribution >= 0.6 is 11.6 Å². The van der Waals surface area contributed by atoms with Gasteiger partial charge in [-0.3, -0.25) is 0 Å². The van der Waals surface area contributed by atoms with Gasteiger partial charge in [-0.25, -0.2) is 26.3 Å². The first kappa shape index (κ1) is 37.6. The molecule has 1 aliphatic heterocycles. The molecule has 1 aromatic heterocycles. The zero-order chi connectivity index (χ0) is 37.1. The number of amides is 1. The molecule has 2 unspecified atom stereocenters. The number of carbonyl (C=O) groups excluding carboxylic acids is 1. The SMILES string of the molecule is COc1ccc(CN(c2nnn(C)n2)S(=O)(=O)c2cc(F)c(OCC3CN(C(=O)OC(C)(C)C)CCC3c3ccc(Cl)cc3)cc2F)c(OC)c1. The predicted molar refractivity (Wildman–Crippen MR) is 184 cm³/mol. The van der Waals surface area contributed by atoms with E-state index in [1.165, 1.54) is 21.3 Å². The van der Waals surface area contributed by atoms with Crippen LogP contribution in [0.4, 0.5) is 19.5 Å². The van der Waals surface area contributed by atoms with Crippen molar-refractivity contribution in [3.63, 3.8) is 0 Å². The van der Waals surface area contributed by atoms with E-state index in [0.717, 1.165) is 10.4 Å². The molecule has 3 aromatic carbocycles. The number of likely N-dealkylation sites (tertiary alicyclic amines) is 1. The minimum atomic E-state index is -4.84. The summed E-state index contributed by atoms with van der Waals surface area (Å²) in [4.78, 5) is 14.6. The number of rotatable bonds is 11. The molecular formula is C34H39ClF2N6O7S. The summed E-state index contributed by atoms with van der Waals surface area (Å²) in [6, 6.07) is 13.2. The number of ether oxygens (including phenoxy) is 4. The zero-order valence-corrected chi connectivity index (χ0v) is 30.5. The number of tetrazole rings is 1. The van der Waals surface area contributed by atoms with E-state index in [9.17, 15) is 13.2 Å². The molecular weight excluding hydrogens is 710 g/mol. The number of aryl methyl sites for hydroxylation is 1. The minimum absolute atomic E-state index is 0.114. The number of aromatic nitrogens is 4. The van der Waals surface area contributed by atoms with Crippen LogP contribution in [0, 0.1) is 17.6 Å². The first-order valence-corrected chi connectivity index (χ1v) is 17.7. The number of benzene rings is 3. The lowest BCUT2D eigenvalue weighted by molar-refractivity contribution is 0.0110. The molecule has 0 aliphatic carbocycles. The Morgan fingerprint density at radius 3 is 2.37 bits per heavy atom. The first-order chi connectivity index (χ1) is 24.1. The van der Waals surface area contributed by atoms with Crippen LogP contribution in [0.1, 0.15) is 44.2 Å². The van der Waals surface area contributed by atoms with E-state index in [1.807, 2.05) is 12.1 Å². The molecule has 0 bridgehead atoms. The Bertz CT molecular complexity index is 1970. The van der Waals surface area contributed by atoms with Gasteiger partial charge >= 0.3 is 6.09 Å². The van der Waals surface area contributed by atoms with Crippen molar-refractivity contribution >= 4 is 33.7 Å². The molecule has 2 heterocycles. The number of nitrogens with zero attached hydrogens (tertiary/aromatic N) is 6. The van der Waals surface area contributed by atoms with Crippen LogP contribution in [0.2, 0.25) is 5.02 Å². The van der Waals surface area contributed by atoms with Crippen molar-refractivity contribution in [3.8, 4) is 17.2 Å². The number of anilines is 1. The Morgan fingerprint density at radius 1 is 1.02 bits per heavy atom. The number of halogens is 3. The molecule has 1 aliphatic rings. The van der Waals surface area contributed by atoms with Crippen molar-refractivity contribution in [2.24, 2.45) is 13.0 Å². The average molecular weight is 749 g/mol. The number of hydrogen-bond acceptors (Lipinski definition) is 10. The highest BCUT2D eigenvalue weighted by Crippen LogP contribution is 2.36. The van der Waals surface area contributed by atoms with E-state index in [1.54, 1.807) is 56.0 Å². The molecule has 0 N–H and O–H groups in total. The molecule has 0 radical (unpaired) electrons. The van der Waals surface area contributed by atoms with Crippen molar-refractivity contribution in [1.29, 1.82) is 0 Å². The van der Waals surface area contributed by atoms with Gasteiger partial charge in [-0.05, 0) is 68.2 Å². The monoisotopic (exact) mass is 748 g/mol. The van der Waals surface area contributed by atoms with Crippen LogP contribution in [0.15, 0.2) is 59.5 Å². The van der Waals surface area contributed by atoms with E-state index in [4.69, 9.17) is 30.5 Å². The fourth-order valence-electron chi connectivity index (χ4n) is 5.75. The molecule has 13 nitrogen and oxygen atoms in total. The first-order valence-electron chi connectivity index (χ1n) is 15.9. The molecule has 274 valence electrons. The van der Waals surface area contributed by atoms with Crippen LogP contribution < -0.4 is 18.5 Å². The lowest BCUT2D eigenvalue weighted by Crippen LogP contribution is -2.46. The second kappa shape index (κ2) is 15.3. The summed E-state index contributed by atoms with van der Waals surface area (Å²) in [7, 11) is -0.550. The Labute approximate surface area is 300 Å². The number of piperidine rings is 1. The molecule has 51 heavy (non-hydrogen) atoms. The van der Waals surface area contributed by atoms with Crippen molar-refractivity contribution in [3.05, 3.63) is 82.4 Å². The third-order valence-electron chi connectivity index (χ3n) is 8.22. The Morgan fingerprint density at radius 2 is 1.75 bits per heavy atom. The van der Waals surface area contributed by atoms with Gasteiger partial charge in [-0.15, -0.1) is 5.10 Å². The summed E-state index contributed by atoms with van der Waals surface area (Å²) >= 11 is 6.11. The Hall–Kier alpha value is -4.70.